The first kappa shape index (κ1) is 27.0. The molecule has 11 heteroatoms. The summed E-state index contributed by atoms with van der Waals surface area (Å²) in [5.74, 6) is -2.12. The van der Waals surface area contributed by atoms with Gasteiger partial charge in [0, 0.05) is 36.6 Å². The SMILES string of the molecule is [2H]c1c([2H])c(CSc2nc(=O)c3c(n2CC(=O)N(CCN(CC)CC)C([2H])([2H])c2ccc(-c4ccc(C(F)(F)F)cc4)cc2)CCC3)c([2H])c([2H])c1F. The number of amides is 1. The Morgan fingerprint density at radius 2 is 1.60 bits per heavy atom. The molecule has 47 heavy (non-hydrogen) atoms. The molecule has 1 aliphatic carbocycles. The third-order valence-electron chi connectivity index (χ3n) is 8.02. The minimum absolute atomic E-state index is 0.00893. The van der Waals surface area contributed by atoms with E-state index in [1.54, 1.807) is 16.7 Å². The molecule has 5 rings (SSSR count). The van der Waals surface area contributed by atoms with E-state index in [1.807, 2.05) is 18.7 Å². The van der Waals surface area contributed by atoms with Crippen LogP contribution in [0.25, 0.3) is 11.1 Å². The average molecular weight is 673 g/mol. The summed E-state index contributed by atoms with van der Waals surface area (Å²) in [4.78, 5) is 34.8. The fourth-order valence-electron chi connectivity index (χ4n) is 5.38. The van der Waals surface area contributed by atoms with Gasteiger partial charge in [0.15, 0.2) is 5.16 Å². The quantitative estimate of drug-likeness (QED) is 0.0853. The first-order valence-corrected chi connectivity index (χ1v) is 16.3. The molecule has 0 radical (unpaired) electrons. The summed E-state index contributed by atoms with van der Waals surface area (Å²) >= 11 is 0.904. The van der Waals surface area contributed by atoms with Crippen LogP contribution in [0.2, 0.25) is 0 Å². The van der Waals surface area contributed by atoms with Crippen molar-refractivity contribution in [1.29, 1.82) is 0 Å². The van der Waals surface area contributed by atoms with Crippen molar-refractivity contribution >= 4 is 17.7 Å². The maximum absolute atomic E-state index is 14.4. The predicted octanol–water partition coefficient (Wildman–Crippen LogP) is 7.22. The van der Waals surface area contributed by atoms with Gasteiger partial charge in [0.1, 0.15) is 12.4 Å². The number of hydrogen-bond acceptors (Lipinski definition) is 5. The van der Waals surface area contributed by atoms with E-state index in [2.05, 4.69) is 4.98 Å². The van der Waals surface area contributed by atoms with Crippen molar-refractivity contribution in [2.45, 2.75) is 63.2 Å². The highest BCUT2D eigenvalue weighted by molar-refractivity contribution is 7.98. The molecular formula is C36H38F4N4O2S. The van der Waals surface area contributed by atoms with Crippen LogP contribution in [0, 0.1) is 5.82 Å². The van der Waals surface area contributed by atoms with Crippen molar-refractivity contribution in [2.24, 2.45) is 0 Å². The van der Waals surface area contributed by atoms with Crippen LogP contribution in [0.5, 0.6) is 0 Å². The van der Waals surface area contributed by atoms with Crippen LogP contribution in [-0.4, -0.2) is 51.4 Å². The number of carbonyl (C=O) groups excluding carboxylic acids is 1. The zero-order chi connectivity index (χ0) is 38.8. The molecule has 0 unspecified atom stereocenters. The van der Waals surface area contributed by atoms with Crippen LogP contribution < -0.4 is 5.56 Å². The summed E-state index contributed by atoms with van der Waals surface area (Å²) in [7, 11) is 0. The van der Waals surface area contributed by atoms with Crippen molar-refractivity contribution in [2.75, 3.05) is 26.2 Å². The fraction of sp³-hybridized carbons (Fsp3) is 0.361. The van der Waals surface area contributed by atoms with Gasteiger partial charge in [-0.05, 0) is 78.8 Å². The molecular weight excluding hydrogens is 628 g/mol. The van der Waals surface area contributed by atoms with Gasteiger partial charge in [-0.3, -0.25) is 9.59 Å². The Labute approximate surface area is 284 Å². The number of hydrogen-bond donors (Lipinski definition) is 0. The van der Waals surface area contributed by atoms with Gasteiger partial charge in [-0.25, -0.2) is 4.39 Å². The Morgan fingerprint density at radius 3 is 2.21 bits per heavy atom. The molecule has 1 amide bonds. The molecule has 1 aromatic heterocycles. The smallest absolute Gasteiger partial charge is 0.336 e. The molecule has 0 saturated heterocycles. The summed E-state index contributed by atoms with van der Waals surface area (Å²) in [6, 6.07) is 7.98. The average Bonchev–Trinajstić information content (AvgIpc) is 3.64. The van der Waals surface area contributed by atoms with Crippen molar-refractivity contribution in [3.05, 3.63) is 117 Å². The minimum atomic E-state index is -4.48. The summed E-state index contributed by atoms with van der Waals surface area (Å²) in [5.41, 5.74) is 0.799. The largest absolute Gasteiger partial charge is 0.416 e. The molecule has 0 aliphatic heterocycles. The van der Waals surface area contributed by atoms with Crippen LogP contribution >= 0.6 is 11.8 Å². The van der Waals surface area contributed by atoms with Crippen LogP contribution in [0.4, 0.5) is 17.6 Å². The summed E-state index contributed by atoms with van der Waals surface area (Å²) in [6.45, 7) is 2.78. The van der Waals surface area contributed by atoms with Gasteiger partial charge in [0.05, 0.1) is 13.8 Å². The van der Waals surface area contributed by atoms with Gasteiger partial charge in [-0.15, -0.1) is 0 Å². The van der Waals surface area contributed by atoms with E-state index < -0.39 is 66.2 Å². The molecule has 0 spiro atoms. The Balaban J connectivity index is 1.48. The van der Waals surface area contributed by atoms with Gasteiger partial charge >= 0.3 is 6.18 Å². The lowest BCUT2D eigenvalue weighted by molar-refractivity contribution is -0.137. The van der Waals surface area contributed by atoms with E-state index in [9.17, 15) is 29.9 Å². The van der Waals surface area contributed by atoms with E-state index >= 15 is 0 Å². The molecule has 0 atom stereocenters. The van der Waals surface area contributed by atoms with Gasteiger partial charge in [-0.2, -0.15) is 18.2 Å². The molecule has 3 aromatic carbocycles. The third-order valence-corrected chi connectivity index (χ3v) is 9.02. The van der Waals surface area contributed by atoms with Crippen molar-refractivity contribution < 1.29 is 30.6 Å². The molecule has 6 nitrogen and oxygen atoms in total. The van der Waals surface area contributed by atoms with Gasteiger partial charge in [-0.1, -0.05) is 74.1 Å². The van der Waals surface area contributed by atoms with E-state index in [-0.39, 0.29) is 28.6 Å². The number of halogens is 4. The second-order valence-electron chi connectivity index (χ2n) is 11.0. The van der Waals surface area contributed by atoms with Gasteiger partial charge < -0.3 is 14.4 Å². The molecule has 0 fully saturated rings. The summed E-state index contributed by atoms with van der Waals surface area (Å²) in [6.07, 6.45) is -2.97. The molecule has 0 N–H and O–H groups in total. The highest BCUT2D eigenvalue weighted by Gasteiger charge is 2.30. The van der Waals surface area contributed by atoms with E-state index in [4.69, 9.17) is 5.48 Å². The number of aromatic nitrogens is 2. The van der Waals surface area contributed by atoms with Crippen molar-refractivity contribution in [3.8, 4) is 11.1 Å². The normalized spacial score (nSPS) is 15.0. The fourth-order valence-corrected chi connectivity index (χ4v) is 6.28. The number of likely N-dealkylation sites (N-methyl/N-ethyl adjacent to an activating group) is 1. The lowest BCUT2D eigenvalue weighted by atomic mass is 10.0. The number of rotatable bonds is 13. The summed E-state index contributed by atoms with van der Waals surface area (Å²) in [5, 5.41) is 0.0651. The van der Waals surface area contributed by atoms with Gasteiger partial charge in [0.25, 0.3) is 5.56 Å². The lowest BCUT2D eigenvalue weighted by Crippen LogP contribution is -2.40. The van der Waals surface area contributed by atoms with E-state index in [1.165, 1.54) is 24.3 Å². The second-order valence-corrected chi connectivity index (χ2v) is 11.9. The van der Waals surface area contributed by atoms with E-state index in [0.29, 0.717) is 61.3 Å². The minimum Gasteiger partial charge on any atom is -0.336 e. The maximum Gasteiger partial charge on any atom is 0.416 e. The molecule has 1 heterocycles. The second kappa shape index (κ2) is 15.3. The molecule has 1 aliphatic rings. The first-order chi connectivity index (χ1) is 25.0. The highest BCUT2D eigenvalue weighted by Crippen LogP contribution is 2.31. The molecule has 0 bridgehead atoms. The van der Waals surface area contributed by atoms with Crippen LogP contribution in [0.1, 0.15) is 56.4 Å². The number of thioether (sulfide) groups is 1. The molecule has 248 valence electrons. The van der Waals surface area contributed by atoms with Crippen LogP contribution in [0.3, 0.4) is 0 Å². The number of carbonyl (C=O) groups is 1. The molecule has 0 saturated carbocycles. The van der Waals surface area contributed by atoms with Crippen LogP contribution in [-0.2, 0) is 42.6 Å². The Hall–Kier alpha value is -3.96. The highest BCUT2D eigenvalue weighted by atomic mass is 32.2. The first-order valence-electron chi connectivity index (χ1n) is 18.3. The van der Waals surface area contributed by atoms with Crippen molar-refractivity contribution in [1.82, 2.24) is 19.4 Å². The number of alkyl halides is 3. The monoisotopic (exact) mass is 672 g/mol. The summed E-state index contributed by atoms with van der Waals surface area (Å²) < 4.78 is 106. The third kappa shape index (κ3) is 8.70. The number of benzene rings is 3. The Morgan fingerprint density at radius 1 is 0.957 bits per heavy atom. The Bertz CT molecular complexity index is 2010. The zero-order valence-corrected chi connectivity index (χ0v) is 26.8. The maximum atomic E-state index is 14.4. The number of nitrogens with zero attached hydrogens (tertiary/aromatic N) is 4. The topological polar surface area (TPSA) is 58.4 Å². The number of fused-ring (bicyclic) bond motifs is 1. The molecule has 4 aromatic rings. The van der Waals surface area contributed by atoms with E-state index in [0.717, 1.165) is 28.8 Å². The standard InChI is InChI=1S/C36H38F4N4O2S/c1-3-42(4-2)20-21-43(22-25-8-12-27(13-9-25)28-14-16-29(17-15-28)36(38,39)40)33(45)23-44-32-7-5-6-31(32)34(46)41-35(44)47-24-26-10-18-30(37)19-11-26/h8-19H,3-7,20-24H2,1-2H3/i10D,11D,18D,19D,22D2. The Kier molecular flexibility index (Phi) is 8.80. The zero-order valence-electron chi connectivity index (χ0n) is 32.0. The van der Waals surface area contributed by atoms with Crippen LogP contribution in [0.15, 0.2) is 82.7 Å². The lowest BCUT2D eigenvalue weighted by Gasteiger charge is -2.28. The predicted molar refractivity (Wildman–Crippen MR) is 177 cm³/mol. The van der Waals surface area contributed by atoms with Gasteiger partial charge in [0.2, 0.25) is 5.91 Å². The van der Waals surface area contributed by atoms with Crippen molar-refractivity contribution in [3.63, 3.8) is 0 Å².